The lowest BCUT2D eigenvalue weighted by Gasteiger charge is -2.35. The van der Waals surface area contributed by atoms with Gasteiger partial charge >= 0.3 is 0 Å². The fourth-order valence-electron chi connectivity index (χ4n) is 2.74. The third-order valence-electron chi connectivity index (χ3n) is 4.05. The van der Waals surface area contributed by atoms with Gasteiger partial charge in [-0.2, -0.15) is 0 Å². The highest BCUT2D eigenvalue weighted by molar-refractivity contribution is 6.06. The summed E-state index contributed by atoms with van der Waals surface area (Å²) in [6.45, 7) is 3.34. The molecule has 1 atom stereocenters. The number of aromatic nitrogens is 1. The Morgan fingerprint density at radius 1 is 1.37 bits per heavy atom. The van der Waals surface area contributed by atoms with Crippen LogP contribution in [0.4, 0.5) is 17.2 Å². The highest BCUT2D eigenvalue weighted by Crippen LogP contribution is 2.38. The van der Waals surface area contributed by atoms with Crippen molar-refractivity contribution < 1.29 is 19.2 Å². The molecule has 1 aliphatic rings. The van der Waals surface area contributed by atoms with E-state index >= 15 is 0 Å². The fourth-order valence-corrected chi connectivity index (χ4v) is 2.74. The summed E-state index contributed by atoms with van der Waals surface area (Å²) in [4.78, 5) is 41.0. The molecule has 3 rings (SSSR count). The minimum Gasteiger partial charge on any atom is -0.478 e. The van der Waals surface area contributed by atoms with Crippen LogP contribution in [0.2, 0.25) is 0 Å². The van der Waals surface area contributed by atoms with Gasteiger partial charge in [-0.1, -0.05) is 19.9 Å². The lowest BCUT2D eigenvalue weighted by Crippen LogP contribution is -2.50. The van der Waals surface area contributed by atoms with E-state index in [0.29, 0.717) is 11.6 Å². The highest BCUT2D eigenvalue weighted by atomic mass is 16.6. The van der Waals surface area contributed by atoms with Crippen LogP contribution < -0.4 is 15.0 Å². The number of rotatable bonds is 5. The van der Waals surface area contributed by atoms with Crippen molar-refractivity contribution in [2.24, 2.45) is 5.92 Å². The van der Waals surface area contributed by atoms with E-state index in [0.717, 1.165) is 0 Å². The smallest absolute Gasteiger partial charge is 0.271 e. The van der Waals surface area contributed by atoms with Crippen LogP contribution in [0.25, 0.3) is 0 Å². The molecule has 0 spiro atoms. The number of nitro benzene ring substituents is 1. The first-order valence-electron chi connectivity index (χ1n) is 8.34. The second-order valence-electron chi connectivity index (χ2n) is 6.38. The molecule has 27 heavy (non-hydrogen) atoms. The number of anilines is 2. The molecule has 1 unspecified atom stereocenters. The Labute approximate surface area is 155 Å². The largest absolute Gasteiger partial charge is 0.478 e. The van der Waals surface area contributed by atoms with Gasteiger partial charge in [0.15, 0.2) is 6.10 Å². The number of hydrogen-bond acceptors (Lipinski definition) is 6. The summed E-state index contributed by atoms with van der Waals surface area (Å²) in [5.74, 6) is -0.354. The molecule has 9 heteroatoms. The van der Waals surface area contributed by atoms with Crippen LogP contribution in [0.1, 0.15) is 13.8 Å². The van der Waals surface area contributed by atoms with Crippen molar-refractivity contribution in [3.63, 3.8) is 0 Å². The summed E-state index contributed by atoms with van der Waals surface area (Å²) >= 11 is 0. The first kappa shape index (κ1) is 18.3. The van der Waals surface area contributed by atoms with Crippen molar-refractivity contribution in [2.75, 3.05) is 16.8 Å². The van der Waals surface area contributed by atoms with Gasteiger partial charge in [-0.05, 0) is 24.1 Å². The van der Waals surface area contributed by atoms with Gasteiger partial charge < -0.3 is 10.1 Å². The number of fused-ring (bicyclic) bond motifs is 1. The van der Waals surface area contributed by atoms with Gasteiger partial charge in [0.2, 0.25) is 5.91 Å². The monoisotopic (exact) mass is 370 g/mol. The molecule has 1 aromatic heterocycles. The van der Waals surface area contributed by atoms with Crippen LogP contribution in [-0.4, -0.2) is 34.4 Å². The van der Waals surface area contributed by atoms with Gasteiger partial charge in [0.05, 0.1) is 10.6 Å². The summed E-state index contributed by atoms with van der Waals surface area (Å²) in [5, 5.41) is 13.7. The molecule has 0 fully saturated rings. The molecule has 0 radical (unpaired) electrons. The van der Waals surface area contributed by atoms with E-state index in [1.54, 1.807) is 18.2 Å². The van der Waals surface area contributed by atoms with E-state index in [1.165, 1.54) is 29.3 Å². The zero-order valence-corrected chi connectivity index (χ0v) is 14.8. The van der Waals surface area contributed by atoms with Gasteiger partial charge in [-0.15, -0.1) is 0 Å². The van der Waals surface area contributed by atoms with Crippen molar-refractivity contribution in [3.8, 4) is 5.75 Å². The number of non-ortho nitro benzene ring substituents is 1. The van der Waals surface area contributed by atoms with Gasteiger partial charge in [-0.25, -0.2) is 4.98 Å². The zero-order valence-electron chi connectivity index (χ0n) is 14.8. The minimum atomic E-state index is -0.776. The van der Waals surface area contributed by atoms with Gasteiger partial charge in [0.1, 0.15) is 18.1 Å². The Hall–Kier alpha value is -3.49. The maximum absolute atomic E-state index is 12.8. The molecule has 1 N–H and O–H groups in total. The average molecular weight is 370 g/mol. The normalized spacial score (nSPS) is 15.9. The molecule has 0 saturated carbocycles. The van der Waals surface area contributed by atoms with Crippen molar-refractivity contribution in [3.05, 3.63) is 52.7 Å². The van der Waals surface area contributed by atoms with E-state index < -0.39 is 22.8 Å². The summed E-state index contributed by atoms with van der Waals surface area (Å²) in [6, 6.07) is 9.03. The second-order valence-corrected chi connectivity index (χ2v) is 6.38. The van der Waals surface area contributed by atoms with Gasteiger partial charge in [0.25, 0.3) is 11.6 Å². The SMILES string of the molecule is CC(C)C1Oc2ccc([N+](=O)[O-])cc2N(CC(=O)Nc2ccccn2)C1=O. The third kappa shape index (κ3) is 3.86. The number of carbonyl (C=O) groups excluding carboxylic acids is 2. The Morgan fingerprint density at radius 2 is 2.15 bits per heavy atom. The summed E-state index contributed by atoms with van der Waals surface area (Å²) in [5.41, 5.74) is 0.00514. The first-order valence-corrected chi connectivity index (χ1v) is 8.34. The Morgan fingerprint density at radius 3 is 2.78 bits per heavy atom. The predicted molar refractivity (Wildman–Crippen MR) is 97.6 cm³/mol. The standard InChI is InChI=1S/C18H18N4O5/c1-11(2)17-18(24)21(10-16(23)20-15-5-3-4-8-19-15)13-9-12(22(25)26)6-7-14(13)27-17/h3-9,11,17H,10H2,1-2H3,(H,19,20,23). The van der Waals surface area contributed by atoms with Crippen LogP contribution in [0.3, 0.4) is 0 Å². The van der Waals surface area contributed by atoms with E-state index in [-0.39, 0.29) is 23.8 Å². The summed E-state index contributed by atoms with van der Waals surface area (Å²) in [6.07, 6.45) is 0.754. The number of benzene rings is 1. The molecule has 2 amide bonds. The van der Waals surface area contributed by atoms with E-state index in [9.17, 15) is 19.7 Å². The van der Waals surface area contributed by atoms with Crippen LogP contribution >= 0.6 is 0 Å². The number of nitrogens with zero attached hydrogens (tertiary/aromatic N) is 3. The molecule has 140 valence electrons. The first-order chi connectivity index (χ1) is 12.9. The molecule has 0 bridgehead atoms. The quantitative estimate of drug-likeness (QED) is 0.638. The van der Waals surface area contributed by atoms with E-state index in [1.807, 2.05) is 13.8 Å². The van der Waals surface area contributed by atoms with Crippen LogP contribution in [-0.2, 0) is 9.59 Å². The topological polar surface area (TPSA) is 115 Å². The Bertz CT molecular complexity index is 885. The molecular weight excluding hydrogens is 352 g/mol. The molecule has 0 saturated heterocycles. The molecule has 1 aromatic carbocycles. The number of amides is 2. The maximum Gasteiger partial charge on any atom is 0.271 e. The van der Waals surface area contributed by atoms with Crippen LogP contribution in [0, 0.1) is 16.0 Å². The zero-order chi connectivity index (χ0) is 19.6. The number of pyridine rings is 1. The molecule has 0 aliphatic carbocycles. The second kappa shape index (κ2) is 7.40. The Balaban J connectivity index is 1.91. The van der Waals surface area contributed by atoms with Gasteiger partial charge in [-0.3, -0.25) is 24.6 Å². The number of ether oxygens (including phenoxy) is 1. The fraction of sp³-hybridized carbons (Fsp3) is 0.278. The predicted octanol–water partition coefficient (Wildman–Crippen LogP) is 2.38. The molecule has 2 heterocycles. The average Bonchev–Trinajstić information content (AvgIpc) is 2.63. The van der Waals surface area contributed by atoms with Crippen molar-refractivity contribution in [2.45, 2.75) is 20.0 Å². The number of nitro groups is 1. The third-order valence-corrected chi connectivity index (χ3v) is 4.05. The van der Waals surface area contributed by atoms with E-state index in [4.69, 9.17) is 4.74 Å². The summed E-state index contributed by atoms with van der Waals surface area (Å²) in [7, 11) is 0. The molecule has 1 aliphatic heterocycles. The highest BCUT2D eigenvalue weighted by Gasteiger charge is 2.38. The van der Waals surface area contributed by atoms with Crippen molar-refractivity contribution in [1.82, 2.24) is 4.98 Å². The van der Waals surface area contributed by atoms with Crippen molar-refractivity contribution >= 4 is 29.0 Å². The maximum atomic E-state index is 12.8. The summed E-state index contributed by atoms with van der Waals surface area (Å²) < 4.78 is 5.71. The molecule has 9 nitrogen and oxygen atoms in total. The number of nitrogens with one attached hydrogen (secondary N) is 1. The van der Waals surface area contributed by atoms with Crippen LogP contribution in [0.5, 0.6) is 5.75 Å². The Kier molecular flexibility index (Phi) is 5.02. The van der Waals surface area contributed by atoms with Gasteiger partial charge in [0, 0.05) is 18.3 Å². The lowest BCUT2D eigenvalue weighted by atomic mass is 10.0. The lowest BCUT2D eigenvalue weighted by molar-refractivity contribution is -0.384. The minimum absolute atomic E-state index is 0.137. The molecule has 2 aromatic rings. The van der Waals surface area contributed by atoms with E-state index in [2.05, 4.69) is 10.3 Å². The number of carbonyl (C=O) groups is 2. The number of hydrogen-bond donors (Lipinski definition) is 1. The molecular formula is C18H18N4O5. The van der Waals surface area contributed by atoms with Crippen LogP contribution in [0.15, 0.2) is 42.6 Å². The van der Waals surface area contributed by atoms with Crippen molar-refractivity contribution in [1.29, 1.82) is 0 Å².